The van der Waals surface area contributed by atoms with Crippen LogP contribution in [0, 0.1) is 11.2 Å². The quantitative estimate of drug-likeness (QED) is 0.646. The van der Waals surface area contributed by atoms with Gasteiger partial charge in [0.25, 0.3) is 0 Å². The molecule has 100 valence electrons. The largest absolute Gasteiger partial charge is 0.384 e. The van der Waals surface area contributed by atoms with Crippen LogP contribution in [-0.4, -0.2) is 15.2 Å². The predicted molar refractivity (Wildman–Crippen MR) is 78.5 cm³/mol. The van der Waals surface area contributed by atoms with E-state index in [1.54, 1.807) is 12.1 Å². The Morgan fingerprint density at radius 2 is 2.32 bits per heavy atom. The number of amidine groups is 1. The van der Waals surface area contributed by atoms with E-state index in [0.717, 1.165) is 12.2 Å². The van der Waals surface area contributed by atoms with Crippen LogP contribution < -0.4 is 5.73 Å². The van der Waals surface area contributed by atoms with Gasteiger partial charge in [0.2, 0.25) is 0 Å². The lowest BCUT2D eigenvalue weighted by molar-refractivity contribution is 0.594. The van der Waals surface area contributed by atoms with Gasteiger partial charge in [-0.2, -0.15) is 4.37 Å². The maximum atomic E-state index is 14.1. The molecule has 0 fully saturated rings. The summed E-state index contributed by atoms with van der Waals surface area (Å²) in [6.45, 7) is 1.97. The summed E-state index contributed by atoms with van der Waals surface area (Å²) in [4.78, 5) is 4.70. The molecule has 0 aliphatic heterocycles. The van der Waals surface area contributed by atoms with Crippen LogP contribution in [0.2, 0.25) is 0 Å². The highest BCUT2D eigenvalue weighted by Crippen LogP contribution is 2.35. The highest BCUT2D eigenvalue weighted by atomic mass is 79.9. The number of nitrogens with two attached hydrogens (primary N) is 1. The molecule has 0 saturated heterocycles. The average Bonchev–Trinajstić information content (AvgIpc) is 2.82. The van der Waals surface area contributed by atoms with E-state index in [1.165, 1.54) is 23.3 Å². The molecule has 2 aromatic rings. The number of hydrogen-bond acceptors (Lipinski definition) is 5. The fraction of sp³-hybridized carbons (Fsp3) is 0.182. The molecule has 1 aromatic heterocycles. The Hall–Kier alpha value is -0.990. The lowest BCUT2D eigenvalue weighted by Crippen LogP contribution is -2.12. The number of aromatic nitrogens is 2. The van der Waals surface area contributed by atoms with Crippen molar-refractivity contribution in [2.24, 2.45) is 5.73 Å². The molecular formula is C11H10BrFN4S2. The first kappa shape index (κ1) is 14.4. The number of aryl methyl sites for hydroxylation is 1. The third kappa shape index (κ3) is 3.13. The van der Waals surface area contributed by atoms with E-state index in [1.807, 2.05) is 6.92 Å². The second-order valence-electron chi connectivity index (χ2n) is 3.59. The zero-order chi connectivity index (χ0) is 14.0. The Morgan fingerprint density at radius 1 is 1.58 bits per heavy atom. The highest BCUT2D eigenvalue weighted by molar-refractivity contribution is 9.10. The van der Waals surface area contributed by atoms with Crippen molar-refractivity contribution < 1.29 is 4.39 Å². The van der Waals surface area contributed by atoms with Gasteiger partial charge < -0.3 is 5.73 Å². The van der Waals surface area contributed by atoms with Gasteiger partial charge in [0.1, 0.15) is 11.7 Å². The summed E-state index contributed by atoms with van der Waals surface area (Å²) in [5, 5.41) is 7.35. The molecule has 3 N–H and O–H groups in total. The van der Waals surface area contributed by atoms with Crippen LogP contribution in [0.1, 0.15) is 18.3 Å². The molecule has 4 nitrogen and oxygen atoms in total. The second kappa shape index (κ2) is 5.98. The SMILES string of the molecule is CCc1nsc(Sc2ccc(C(=N)N)c(Br)c2F)n1. The molecule has 19 heavy (non-hydrogen) atoms. The minimum atomic E-state index is -0.439. The maximum Gasteiger partial charge on any atom is 0.174 e. The van der Waals surface area contributed by atoms with Crippen molar-refractivity contribution in [3.05, 3.63) is 33.8 Å². The van der Waals surface area contributed by atoms with Crippen molar-refractivity contribution in [1.82, 2.24) is 9.36 Å². The summed E-state index contributed by atoms with van der Waals surface area (Å²) in [6, 6.07) is 3.20. The Balaban J connectivity index is 2.31. The molecule has 0 bridgehead atoms. The van der Waals surface area contributed by atoms with Crippen molar-refractivity contribution in [3.8, 4) is 0 Å². The summed E-state index contributed by atoms with van der Waals surface area (Å²) in [7, 11) is 0. The number of benzene rings is 1. The molecule has 1 heterocycles. The fourth-order valence-electron chi connectivity index (χ4n) is 1.34. The first-order chi connectivity index (χ1) is 9.02. The molecule has 0 aliphatic rings. The third-order valence-corrected chi connectivity index (χ3v) is 4.90. The molecule has 0 spiro atoms. The van der Waals surface area contributed by atoms with E-state index < -0.39 is 5.82 Å². The van der Waals surface area contributed by atoms with Gasteiger partial charge in [0.05, 0.1) is 9.37 Å². The van der Waals surface area contributed by atoms with Crippen LogP contribution >= 0.6 is 39.2 Å². The summed E-state index contributed by atoms with van der Waals surface area (Å²) in [6.07, 6.45) is 0.756. The Kier molecular flexibility index (Phi) is 4.54. The van der Waals surface area contributed by atoms with Crippen LogP contribution in [0.3, 0.4) is 0 Å². The van der Waals surface area contributed by atoms with Gasteiger partial charge in [-0.05, 0) is 39.6 Å². The van der Waals surface area contributed by atoms with Gasteiger partial charge >= 0.3 is 0 Å². The number of nitrogen functional groups attached to an aromatic ring is 1. The lowest BCUT2D eigenvalue weighted by Gasteiger charge is -2.06. The Bertz CT molecular complexity index is 629. The zero-order valence-electron chi connectivity index (χ0n) is 9.91. The van der Waals surface area contributed by atoms with Crippen LogP contribution in [-0.2, 0) is 6.42 Å². The first-order valence-corrected chi connectivity index (χ1v) is 7.74. The van der Waals surface area contributed by atoms with Crippen molar-refractivity contribution in [2.45, 2.75) is 22.6 Å². The number of halogens is 2. The maximum absolute atomic E-state index is 14.1. The molecule has 8 heteroatoms. The molecule has 1 aromatic carbocycles. The molecule has 0 unspecified atom stereocenters. The summed E-state index contributed by atoms with van der Waals surface area (Å²) >= 11 is 5.58. The van der Waals surface area contributed by atoms with Crippen molar-refractivity contribution >= 4 is 45.1 Å². The molecule has 0 aliphatic carbocycles. The first-order valence-electron chi connectivity index (χ1n) is 5.35. The monoisotopic (exact) mass is 360 g/mol. The Labute approximate surface area is 126 Å². The van der Waals surface area contributed by atoms with Gasteiger partial charge in [0, 0.05) is 12.0 Å². The average molecular weight is 361 g/mol. The second-order valence-corrected chi connectivity index (χ2v) is 6.42. The van der Waals surface area contributed by atoms with Crippen LogP contribution in [0.15, 0.2) is 25.8 Å². The van der Waals surface area contributed by atoms with Crippen LogP contribution in [0.4, 0.5) is 4.39 Å². The smallest absolute Gasteiger partial charge is 0.174 e. The van der Waals surface area contributed by atoms with Crippen molar-refractivity contribution in [3.63, 3.8) is 0 Å². The summed E-state index contributed by atoms with van der Waals surface area (Å²) < 4.78 is 19.2. The van der Waals surface area contributed by atoms with Crippen LogP contribution in [0.25, 0.3) is 0 Å². The van der Waals surface area contributed by atoms with E-state index >= 15 is 0 Å². The minimum absolute atomic E-state index is 0.175. The predicted octanol–water partition coefficient (Wildman–Crippen LogP) is 3.44. The van der Waals surface area contributed by atoms with Gasteiger partial charge in [-0.3, -0.25) is 5.41 Å². The molecule has 0 atom stereocenters. The van der Waals surface area contributed by atoms with Gasteiger partial charge in [-0.1, -0.05) is 18.7 Å². The lowest BCUT2D eigenvalue weighted by atomic mass is 10.2. The standard InChI is InChI=1S/C11H10BrFN4S2/c1-2-7-16-11(19-17-7)18-6-4-3-5(10(14)15)8(12)9(6)13/h3-4H,2H2,1H3,(H3,14,15). The van der Waals surface area contributed by atoms with Gasteiger partial charge in [0.15, 0.2) is 10.2 Å². The highest BCUT2D eigenvalue weighted by Gasteiger charge is 2.15. The number of hydrogen-bond donors (Lipinski definition) is 2. The summed E-state index contributed by atoms with van der Waals surface area (Å²) in [5.74, 6) is 0.143. The van der Waals surface area contributed by atoms with Gasteiger partial charge in [-0.15, -0.1) is 0 Å². The number of nitrogens with zero attached hydrogens (tertiary/aromatic N) is 2. The third-order valence-electron chi connectivity index (χ3n) is 2.30. The zero-order valence-corrected chi connectivity index (χ0v) is 13.1. The van der Waals surface area contributed by atoms with E-state index in [4.69, 9.17) is 11.1 Å². The van der Waals surface area contributed by atoms with E-state index in [9.17, 15) is 4.39 Å². The topological polar surface area (TPSA) is 75.7 Å². The molecular weight excluding hydrogens is 351 g/mol. The van der Waals surface area contributed by atoms with E-state index in [0.29, 0.717) is 14.8 Å². The van der Waals surface area contributed by atoms with E-state index in [2.05, 4.69) is 25.3 Å². The summed E-state index contributed by atoms with van der Waals surface area (Å²) in [5.41, 5.74) is 5.71. The molecule has 0 radical (unpaired) electrons. The van der Waals surface area contributed by atoms with Crippen LogP contribution in [0.5, 0.6) is 0 Å². The number of rotatable bonds is 4. The molecule has 0 saturated carbocycles. The van der Waals surface area contributed by atoms with E-state index in [-0.39, 0.29) is 10.3 Å². The van der Waals surface area contributed by atoms with Crippen molar-refractivity contribution in [2.75, 3.05) is 0 Å². The van der Waals surface area contributed by atoms with Crippen molar-refractivity contribution in [1.29, 1.82) is 5.41 Å². The minimum Gasteiger partial charge on any atom is -0.384 e. The normalized spacial score (nSPS) is 10.7. The van der Waals surface area contributed by atoms with Gasteiger partial charge in [-0.25, -0.2) is 9.37 Å². The Morgan fingerprint density at radius 3 is 2.89 bits per heavy atom. The fourth-order valence-corrected chi connectivity index (χ4v) is 3.72. The molecule has 2 rings (SSSR count). The molecule has 0 amide bonds. The number of nitrogens with one attached hydrogen (secondary N) is 1.